The van der Waals surface area contributed by atoms with Gasteiger partial charge in [0.25, 0.3) is 0 Å². The lowest BCUT2D eigenvalue weighted by atomic mass is 10.1. The SMILES string of the molecule is CC(C)(C)[S+]([O-])NCCn1c(Sc2cc3c(cc2-c2ccco2)OCO3)nc2c(N)ncnc21. The van der Waals surface area contributed by atoms with E-state index in [-0.39, 0.29) is 11.5 Å². The Hall–Kier alpha value is -2.93. The van der Waals surface area contributed by atoms with E-state index in [1.807, 2.05) is 49.6 Å². The van der Waals surface area contributed by atoms with Crippen molar-refractivity contribution in [3.8, 4) is 22.8 Å². The first kappa shape index (κ1) is 22.8. The molecule has 0 fully saturated rings. The van der Waals surface area contributed by atoms with Gasteiger partial charge in [-0.2, -0.15) is 0 Å². The van der Waals surface area contributed by atoms with Gasteiger partial charge in [0, 0.05) is 28.4 Å². The van der Waals surface area contributed by atoms with Crippen LogP contribution in [-0.2, 0) is 17.9 Å². The Morgan fingerprint density at radius 1 is 1.24 bits per heavy atom. The Morgan fingerprint density at radius 2 is 2.03 bits per heavy atom. The Balaban J connectivity index is 1.52. The van der Waals surface area contributed by atoms with Crippen molar-refractivity contribution in [1.82, 2.24) is 24.2 Å². The average Bonchev–Trinajstić information content (AvgIpc) is 3.53. The summed E-state index contributed by atoms with van der Waals surface area (Å²) in [6.45, 7) is 6.88. The Bertz CT molecular complexity index is 1320. The number of aromatic nitrogens is 4. The van der Waals surface area contributed by atoms with Gasteiger partial charge in [-0.3, -0.25) is 0 Å². The van der Waals surface area contributed by atoms with Crippen LogP contribution in [0.25, 0.3) is 22.5 Å². The zero-order valence-corrected chi connectivity index (χ0v) is 20.5. The molecule has 12 heteroatoms. The third-order valence-electron chi connectivity index (χ3n) is 5.11. The van der Waals surface area contributed by atoms with Gasteiger partial charge in [-0.25, -0.2) is 15.0 Å². The van der Waals surface area contributed by atoms with Gasteiger partial charge < -0.3 is 28.7 Å². The van der Waals surface area contributed by atoms with Crippen LogP contribution in [0.15, 0.2) is 51.3 Å². The van der Waals surface area contributed by atoms with Crippen molar-refractivity contribution >= 4 is 40.1 Å². The standard InChI is InChI=1S/C22H24N6O4S2/c1-22(2,3)34(29)26-6-7-28-20-18(19(23)24-11-25-20)27-21(28)33-17-10-16-15(31-12-32-16)9-13(17)14-5-4-8-30-14/h4-5,8-11,26H,6-7,12H2,1-3H3,(H2,23,24,25). The number of nitrogen functional groups attached to an aromatic ring is 1. The molecule has 3 aromatic heterocycles. The number of benzene rings is 1. The fourth-order valence-corrected chi connectivity index (χ4v) is 5.18. The highest BCUT2D eigenvalue weighted by molar-refractivity contribution is 7.99. The topological polar surface area (TPSA) is 136 Å². The first-order valence-corrected chi connectivity index (χ1v) is 12.6. The van der Waals surface area contributed by atoms with Gasteiger partial charge in [-0.15, -0.1) is 4.72 Å². The molecule has 1 aliphatic rings. The van der Waals surface area contributed by atoms with E-state index in [2.05, 4.69) is 14.7 Å². The van der Waals surface area contributed by atoms with Gasteiger partial charge in [0.1, 0.15) is 16.8 Å². The maximum absolute atomic E-state index is 12.5. The maximum atomic E-state index is 12.5. The van der Waals surface area contributed by atoms with Crippen molar-refractivity contribution < 1.29 is 18.4 Å². The van der Waals surface area contributed by atoms with Gasteiger partial charge in [0.05, 0.1) is 12.8 Å². The lowest BCUT2D eigenvalue weighted by Gasteiger charge is -2.23. The van der Waals surface area contributed by atoms with E-state index in [0.717, 1.165) is 10.5 Å². The molecule has 5 rings (SSSR count). The number of nitrogens with zero attached hydrogens (tertiary/aromatic N) is 4. The van der Waals surface area contributed by atoms with Crippen LogP contribution in [-0.4, -0.2) is 42.2 Å². The van der Waals surface area contributed by atoms with Gasteiger partial charge in [0.15, 0.2) is 33.6 Å². The molecule has 0 radical (unpaired) electrons. The molecule has 10 nitrogen and oxygen atoms in total. The van der Waals surface area contributed by atoms with Crippen molar-refractivity contribution in [3.05, 3.63) is 36.9 Å². The molecule has 1 aliphatic heterocycles. The van der Waals surface area contributed by atoms with Crippen LogP contribution in [0, 0.1) is 0 Å². The number of ether oxygens (including phenoxy) is 2. The number of fused-ring (bicyclic) bond motifs is 2. The summed E-state index contributed by atoms with van der Waals surface area (Å²) in [6, 6.07) is 7.54. The fourth-order valence-electron chi connectivity index (χ4n) is 3.41. The second-order valence-corrected chi connectivity index (χ2v) is 11.6. The molecule has 0 aliphatic carbocycles. The quantitative estimate of drug-likeness (QED) is 0.362. The smallest absolute Gasteiger partial charge is 0.231 e. The predicted molar refractivity (Wildman–Crippen MR) is 130 cm³/mol. The third kappa shape index (κ3) is 4.41. The molecule has 1 unspecified atom stereocenters. The van der Waals surface area contributed by atoms with Crippen molar-refractivity contribution in [2.75, 3.05) is 19.1 Å². The zero-order chi connectivity index (χ0) is 23.9. The maximum Gasteiger partial charge on any atom is 0.231 e. The molecule has 3 N–H and O–H groups in total. The molecule has 4 heterocycles. The second-order valence-electron chi connectivity index (χ2n) is 8.53. The molecule has 1 aromatic carbocycles. The lowest BCUT2D eigenvalue weighted by molar-refractivity contribution is 0.174. The van der Waals surface area contributed by atoms with E-state index < -0.39 is 11.4 Å². The first-order chi connectivity index (χ1) is 16.3. The van der Waals surface area contributed by atoms with Crippen molar-refractivity contribution in [2.45, 2.75) is 42.1 Å². The molecule has 0 saturated heterocycles. The van der Waals surface area contributed by atoms with Gasteiger partial charge >= 0.3 is 0 Å². The van der Waals surface area contributed by atoms with Crippen LogP contribution in [0.4, 0.5) is 5.82 Å². The Morgan fingerprint density at radius 3 is 2.76 bits per heavy atom. The van der Waals surface area contributed by atoms with Crippen molar-refractivity contribution in [1.29, 1.82) is 0 Å². The molecule has 0 spiro atoms. The van der Waals surface area contributed by atoms with E-state index in [9.17, 15) is 4.55 Å². The molecule has 0 bridgehead atoms. The summed E-state index contributed by atoms with van der Waals surface area (Å²) in [7, 11) is 0. The van der Waals surface area contributed by atoms with E-state index >= 15 is 0 Å². The number of furan rings is 1. The Kier molecular flexibility index (Phi) is 6.06. The van der Waals surface area contributed by atoms with E-state index in [1.54, 1.807) is 6.26 Å². The molecule has 0 amide bonds. The van der Waals surface area contributed by atoms with Crippen molar-refractivity contribution in [2.24, 2.45) is 0 Å². The zero-order valence-electron chi connectivity index (χ0n) is 18.9. The van der Waals surface area contributed by atoms with Crippen LogP contribution < -0.4 is 19.9 Å². The molecular weight excluding hydrogens is 476 g/mol. The first-order valence-electron chi connectivity index (χ1n) is 10.6. The lowest BCUT2D eigenvalue weighted by Crippen LogP contribution is -2.40. The number of rotatable bonds is 7. The third-order valence-corrected chi connectivity index (χ3v) is 7.74. The normalized spacial score (nSPS) is 14.1. The fraction of sp³-hybridized carbons (Fsp3) is 0.318. The second kappa shape index (κ2) is 9.02. The monoisotopic (exact) mass is 500 g/mol. The van der Waals surface area contributed by atoms with E-state index in [4.69, 9.17) is 24.6 Å². The molecule has 0 saturated carbocycles. The van der Waals surface area contributed by atoms with E-state index in [0.29, 0.717) is 52.5 Å². The molecule has 34 heavy (non-hydrogen) atoms. The van der Waals surface area contributed by atoms with Gasteiger partial charge in [-0.05, 0) is 45.0 Å². The summed E-state index contributed by atoms with van der Waals surface area (Å²) in [5.41, 5.74) is 8.07. The number of nitrogens with one attached hydrogen (secondary N) is 1. The molecule has 1 atom stereocenters. The summed E-state index contributed by atoms with van der Waals surface area (Å²) in [6.07, 6.45) is 3.04. The average molecular weight is 501 g/mol. The van der Waals surface area contributed by atoms with Crippen LogP contribution in [0.5, 0.6) is 11.5 Å². The van der Waals surface area contributed by atoms with Crippen LogP contribution in [0.3, 0.4) is 0 Å². The van der Waals surface area contributed by atoms with Gasteiger partial charge in [0.2, 0.25) is 6.79 Å². The number of hydrogen-bond donors (Lipinski definition) is 2. The minimum absolute atomic E-state index is 0.169. The van der Waals surface area contributed by atoms with Gasteiger partial charge in [-0.1, -0.05) is 11.8 Å². The summed E-state index contributed by atoms with van der Waals surface area (Å²) in [4.78, 5) is 14.1. The van der Waals surface area contributed by atoms with Crippen LogP contribution in [0.2, 0.25) is 0 Å². The highest BCUT2D eigenvalue weighted by Gasteiger charge is 2.27. The van der Waals surface area contributed by atoms with E-state index in [1.165, 1.54) is 18.1 Å². The summed E-state index contributed by atoms with van der Waals surface area (Å²) in [5.74, 6) is 2.31. The Labute approximate surface area is 203 Å². The van der Waals surface area contributed by atoms with Crippen LogP contribution >= 0.6 is 11.8 Å². The highest BCUT2D eigenvalue weighted by atomic mass is 32.2. The summed E-state index contributed by atoms with van der Waals surface area (Å²) >= 11 is 0.237. The predicted octanol–water partition coefficient (Wildman–Crippen LogP) is 3.60. The minimum atomic E-state index is -1.20. The summed E-state index contributed by atoms with van der Waals surface area (Å²) in [5, 5.41) is 0.664. The number of hydrogen-bond acceptors (Lipinski definition) is 10. The highest BCUT2D eigenvalue weighted by Crippen LogP contribution is 2.45. The minimum Gasteiger partial charge on any atom is -0.598 e. The molecular formula is C22H24N6O4S2. The molecule has 4 aromatic rings. The van der Waals surface area contributed by atoms with Crippen LogP contribution in [0.1, 0.15) is 20.8 Å². The largest absolute Gasteiger partial charge is 0.598 e. The number of anilines is 1. The van der Waals surface area contributed by atoms with Crippen molar-refractivity contribution in [3.63, 3.8) is 0 Å². The molecule has 178 valence electrons. The summed E-state index contributed by atoms with van der Waals surface area (Å²) < 4.78 is 34.0. The number of imidazole rings is 1. The number of nitrogens with two attached hydrogens (primary N) is 1.